The Morgan fingerprint density at radius 3 is 2.68 bits per heavy atom. The Labute approximate surface area is 133 Å². The molecule has 0 saturated carbocycles. The quantitative estimate of drug-likeness (QED) is 0.890. The van der Waals surface area contributed by atoms with Gasteiger partial charge in [0.2, 0.25) is 0 Å². The van der Waals surface area contributed by atoms with E-state index in [0.29, 0.717) is 17.9 Å². The van der Waals surface area contributed by atoms with Crippen molar-refractivity contribution in [1.29, 1.82) is 0 Å². The van der Waals surface area contributed by atoms with Gasteiger partial charge in [-0.05, 0) is 23.8 Å². The van der Waals surface area contributed by atoms with Gasteiger partial charge in [-0.1, -0.05) is 30.3 Å². The SMILES string of the molecule is COc1ccccc1CNC(=O)c1cccc(C[S@](C)=O)c1. The Morgan fingerprint density at radius 2 is 1.95 bits per heavy atom. The first-order chi connectivity index (χ1) is 10.6. The monoisotopic (exact) mass is 317 g/mol. The van der Waals surface area contributed by atoms with Crippen LogP contribution in [-0.4, -0.2) is 23.5 Å². The zero-order valence-electron chi connectivity index (χ0n) is 12.7. The Morgan fingerprint density at radius 1 is 1.18 bits per heavy atom. The number of carbonyl (C=O) groups is 1. The van der Waals surface area contributed by atoms with Gasteiger partial charge in [-0.3, -0.25) is 9.00 Å². The van der Waals surface area contributed by atoms with Crippen LogP contribution < -0.4 is 10.1 Å². The average molecular weight is 317 g/mol. The lowest BCUT2D eigenvalue weighted by Gasteiger charge is -2.10. The first kappa shape index (κ1) is 16.2. The summed E-state index contributed by atoms with van der Waals surface area (Å²) in [6, 6.07) is 14.8. The first-order valence-corrected chi connectivity index (χ1v) is 8.62. The van der Waals surface area contributed by atoms with E-state index in [1.807, 2.05) is 30.3 Å². The third-order valence-electron chi connectivity index (χ3n) is 3.19. The zero-order valence-corrected chi connectivity index (χ0v) is 13.5. The molecule has 4 nitrogen and oxygen atoms in total. The normalized spacial score (nSPS) is 11.7. The lowest BCUT2D eigenvalue weighted by Crippen LogP contribution is -2.23. The van der Waals surface area contributed by atoms with E-state index in [1.165, 1.54) is 0 Å². The molecule has 2 aromatic rings. The fourth-order valence-electron chi connectivity index (χ4n) is 2.16. The van der Waals surface area contributed by atoms with Crippen molar-refractivity contribution in [3.05, 3.63) is 65.2 Å². The summed E-state index contributed by atoms with van der Waals surface area (Å²) in [4.78, 5) is 12.2. The standard InChI is InChI=1S/C17H19NO3S/c1-21-16-9-4-3-7-15(16)11-18-17(19)14-8-5-6-13(10-14)12-22(2)20/h3-10H,11-12H2,1-2H3,(H,18,19)/t22-/m0/s1. The maximum atomic E-state index is 12.2. The predicted octanol–water partition coefficient (Wildman–Crippen LogP) is 2.50. The topological polar surface area (TPSA) is 55.4 Å². The lowest BCUT2D eigenvalue weighted by molar-refractivity contribution is 0.0950. The number of nitrogens with one attached hydrogen (secondary N) is 1. The van der Waals surface area contributed by atoms with Gasteiger partial charge in [0.25, 0.3) is 5.91 Å². The number of para-hydroxylation sites is 1. The molecule has 0 fully saturated rings. The van der Waals surface area contributed by atoms with Crippen LogP contribution in [0.15, 0.2) is 48.5 Å². The molecular formula is C17H19NO3S. The number of carbonyl (C=O) groups excluding carboxylic acids is 1. The van der Waals surface area contributed by atoms with Gasteiger partial charge in [0, 0.05) is 40.5 Å². The Hall–Kier alpha value is -2.14. The van der Waals surface area contributed by atoms with Gasteiger partial charge >= 0.3 is 0 Å². The summed E-state index contributed by atoms with van der Waals surface area (Å²) < 4.78 is 16.5. The Balaban J connectivity index is 2.04. The Kier molecular flexibility index (Phi) is 5.72. The van der Waals surface area contributed by atoms with E-state index < -0.39 is 10.8 Å². The highest BCUT2D eigenvalue weighted by atomic mass is 32.2. The highest BCUT2D eigenvalue weighted by molar-refractivity contribution is 7.83. The summed E-state index contributed by atoms with van der Waals surface area (Å²) in [5.74, 6) is 1.04. The minimum absolute atomic E-state index is 0.158. The van der Waals surface area contributed by atoms with Crippen molar-refractivity contribution in [3.63, 3.8) is 0 Å². The van der Waals surface area contributed by atoms with E-state index in [-0.39, 0.29) is 5.91 Å². The van der Waals surface area contributed by atoms with Crippen LogP contribution in [0.5, 0.6) is 5.75 Å². The number of ether oxygens (including phenoxy) is 1. The molecule has 0 bridgehead atoms. The number of benzene rings is 2. The third-order valence-corrected chi connectivity index (χ3v) is 3.93. The second kappa shape index (κ2) is 7.75. The maximum absolute atomic E-state index is 12.2. The molecule has 22 heavy (non-hydrogen) atoms. The Bertz CT molecular complexity index is 685. The van der Waals surface area contributed by atoms with Crippen LogP contribution in [-0.2, 0) is 23.1 Å². The van der Waals surface area contributed by atoms with E-state index in [2.05, 4.69) is 5.32 Å². The second-order valence-electron chi connectivity index (χ2n) is 4.91. The van der Waals surface area contributed by atoms with E-state index in [1.54, 1.807) is 31.6 Å². The van der Waals surface area contributed by atoms with Gasteiger partial charge in [-0.15, -0.1) is 0 Å². The predicted molar refractivity (Wildman–Crippen MR) is 88.4 cm³/mol. The van der Waals surface area contributed by atoms with Gasteiger partial charge in [-0.25, -0.2) is 0 Å². The molecular weight excluding hydrogens is 298 g/mol. The summed E-state index contributed by atoms with van der Waals surface area (Å²) >= 11 is 0. The van der Waals surface area contributed by atoms with Crippen molar-refractivity contribution in [2.45, 2.75) is 12.3 Å². The van der Waals surface area contributed by atoms with Crippen molar-refractivity contribution >= 4 is 16.7 Å². The number of amides is 1. The largest absolute Gasteiger partial charge is 0.496 e. The lowest BCUT2D eigenvalue weighted by atomic mass is 10.1. The van der Waals surface area contributed by atoms with Gasteiger partial charge in [0.15, 0.2) is 0 Å². The molecule has 0 saturated heterocycles. The molecule has 0 unspecified atom stereocenters. The molecule has 2 aromatic carbocycles. The smallest absolute Gasteiger partial charge is 0.251 e. The molecule has 0 aromatic heterocycles. The number of hydrogen-bond donors (Lipinski definition) is 1. The van der Waals surface area contributed by atoms with Gasteiger partial charge in [0.1, 0.15) is 5.75 Å². The molecule has 1 atom stereocenters. The van der Waals surface area contributed by atoms with Crippen LogP contribution in [0.2, 0.25) is 0 Å². The first-order valence-electron chi connectivity index (χ1n) is 6.89. The van der Waals surface area contributed by atoms with Crippen molar-refractivity contribution in [3.8, 4) is 5.75 Å². The third kappa shape index (κ3) is 4.43. The molecule has 1 amide bonds. The fourth-order valence-corrected chi connectivity index (χ4v) is 2.81. The van der Waals surface area contributed by atoms with Gasteiger partial charge < -0.3 is 10.1 Å². The van der Waals surface area contributed by atoms with Crippen molar-refractivity contribution in [2.75, 3.05) is 13.4 Å². The minimum atomic E-state index is -0.924. The molecule has 0 spiro atoms. The maximum Gasteiger partial charge on any atom is 0.251 e. The van der Waals surface area contributed by atoms with Crippen LogP contribution in [0.3, 0.4) is 0 Å². The summed E-state index contributed by atoms with van der Waals surface area (Å²) in [6.45, 7) is 0.396. The molecule has 0 heterocycles. The molecule has 1 N–H and O–H groups in total. The average Bonchev–Trinajstić information content (AvgIpc) is 2.52. The summed E-state index contributed by atoms with van der Waals surface area (Å²) in [7, 11) is 0.682. The van der Waals surface area contributed by atoms with Crippen LogP contribution in [0, 0.1) is 0 Å². The summed E-state index contributed by atoms with van der Waals surface area (Å²) in [5.41, 5.74) is 2.38. The van der Waals surface area contributed by atoms with Crippen LogP contribution >= 0.6 is 0 Å². The van der Waals surface area contributed by atoms with E-state index in [9.17, 15) is 9.00 Å². The van der Waals surface area contributed by atoms with Crippen molar-refractivity contribution in [2.24, 2.45) is 0 Å². The molecule has 5 heteroatoms. The molecule has 0 radical (unpaired) electrons. The van der Waals surface area contributed by atoms with Crippen LogP contribution in [0.4, 0.5) is 0 Å². The van der Waals surface area contributed by atoms with Crippen LogP contribution in [0.1, 0.15) is 21.5 Å². The van der Waals surface area contributed by atoms with Crippen molar-refractivity contribution < 1.29 is 13.7 Å². The van der Waals surface area contributed by atoms with Gasteiger partial charge in [-0.2, -0.15) is 0 Å². The van der Waals surface area contributed by atoms with Gasteiger partial charge in [0.05, 0.1) is 7.11 Å². The highest BCUT2D eigenvalue weighted by Crippen LogP contribution is 2.17. The van der Waals surface area contributed by atoms with E-state index in [4.69, 9.17) is 4.74 Å². The van der Waals surface area contributed by atoms with Crippen molar-refractivity contribution in [1.82, 2.24) is 5.32 Å². The second-order valence-corrected chi connectivity index (χ2v) is 6.35. The number of hydrogen-bond acceptors (Lipinski definition) is 3. The summed E-state index contributed by atoms with van der Waals surface area (Å²) in [6.07, 6.45) is 1.65. The molecule has 0 aliphatic rings. The van der Waals surface area contributed by atoms with Crippen LogP contribution in [0.25, 0.3) is 0 Å². The van der Waals surface area contributed by atoms with E-state index in [0.717, 1.165) is 16.9 Å². The van der Waals surface area contributed by atoms with E-state index >= 15 is 0 Å². The fraction of sp³-hybridized carbons (Fsp3) is 0.235. The number of methoxy groups -OCH3 is 1. The molecule has 0 aliphatic carbocycles. The highest BCUT2D eigenvalue weighted by Gasteiger charge is 2.08. The number of rotatable bonds is 6. The minimum Gasteiger partial charge on any atom is -0.496 e. The molecule has 2 rings (SSSR count). The summed E-state index contributed by atoms with van der Waals surface area (Å²) in [5, 5.41) is 2.88. The molecule has 0 aliphatic heterocycles. The molecule has 116 valence electrons. The zero-order chi connectivity index (χ0) is 15.9.